The van der Waals surface area contributed by atoms with E-state index in [9.17, 15) is 4.79 Å². The largest absolute Gasteiger partial charge is 0.458 e. The minimum absolute atomic E-state index is 0.218. The number of nitrogens with zero attached hydrogens (tertiary/aromatic N) is 1. The lowest BCUT2D eigenvalue weighted by Crippen LogP contribution is -2.19. The molecule has 0 unspecified atom stereocenters. The zero-order chi connectivity index (χ0) is 10.6. The van der Waals surface area contributed by atoms with E-state index in [1.165, 1.54) is 0 Å². The number of carbonyl (C=O) groups excluding carboxylic acids is 1. The minimum atomic E-state index is -0.433. The predicted molar refractivity (Wildman–Crippen MR) is 55.2 cm³/mol. The Balaban J connectivity index is 2.36. The van der Waals surface area contributed by atoms with Gasteiger partial charge in [-0.15, -0.1) is 0 Å². The Bertz CT molecular complexity index is 309. The summed E-state index contributed by atoms with van der Waals surface area (Å²) in [6.07, 6.45) is 0. The Hall–Kier alpha value is -0.810. The van der Waals surface area contributed by atoms with Gasteiger partial charge in [-0.2, -0.15) is 0 Å². The minimum Gasteiger partial charge on any atom is -0.458 e. The van der Waals surface area contributed by atoms with Crippen molar-refractivity contribution in [3.05, 3.63) is 22.6 Å². The quantitative estimate of drug-likeness (QED) is 0.775. The Kier molecular flexibility index (Phi) is 4.16. The standard InChI is InChI=1S/C9H12BrNO3/c1-11(2)5-6-13-9(12)7-3-4-8(10)14-7/h3-4H,5-6H2,1-2H3. The van der Waals surface area contributed by atoms with E-state index in [0.29, 0.717) is 17.8 Å². The van der Waals surface area contributed by atoms with Gasteiger partial charge < -0.3 is 14.1 Å². The molecule has 1 rings (SSSR count). The van der Waals surface area contributed by atoms with Crippen LogP contribution in [0.2, 0.25) is 0 Å². The van der Waals surface area contributed by atoms with E-state index in [2.05, 4.69) is 15.9 Å². The highest BCUT2D eigenvalue weighted by Crippen LogP contribution is 2.14. The van der Waals surface area contributed by atoms with Gasteiger partial charge in [0.15, 0.2) is 4.67 Å². The van der Waals surface area contributed by atoms with Crippen LogP contribution in [0.5, 0.6) is 0 Å². The van der Waals surface area contributed by atoms with E-state index in [1.54, 1.807) is 12.1 Å². The van der Waals surface area contributed by atoms with Crippen molar-refractivity contribution in [1.29, 1.82) is 0 Å². The van der Waals surface area contributed by atoms with Crippen molar-refractivity contribution in [3.63, 3.8) is 0 Å². The molecule has 0 aliphatic heterocycles. The number of furan rings is 1. The molecule has 1 aromatic heterocycles. The third-order valence-electron chi connectivity index (χ3n) is 1.55. The lowest BCUT2D eigenvalue weighted by atomic mass is 10.4. The van der Waals surface area contributed by atoms with E-state index >= 15 is 0 Å². The highest BCUT2D eigenvalue weighted by Gasteiger charge is 2.11. The lowest BCUT2D eigenvalue weighted by Gasteiger charge is -2.08. The van der Waals surface area contributed by atoms with Crippen LogP contribution in [0.4, 0.5) is 0 Å². The molecule has 0 bridgehead atoms. The molecule has 78 valence electrons. The van der Waals surface area contributed by atoms with Crippen molar-refractivity contribution < 1.29 is 13.9 Å². The topological polar surface area (TPSA) is 42.7 Å². The molecule has 0 N–H and O–H groups in total. The summed E-state index contributed by atoms with van der Waals surface area (Å²) in [5.74, 6) is -0.215. The molecule has 0 aromatic carbocycles. The molecule has 0 spiro atoms. The second-order valence-electron chi connectivity index (χ2n) is 3.04. The summed E-state index contributed by atoms with van der Waals surface area (Å²) in [7, 11) is 3.83. The number of hydrogen-bond donors (Lipinski definition) is 0. The van der Waals surface area contributed by atoms with E-state index < -0.39 is 5.97 Å². The fourth-order valence-corrected chi connectivity index (χ4v) is 1.12. The molecule has 1 heterocycles. The maximum absolute atomic E-state index is 11.3. The van der Waals surface area contributed by atoms with Crippen LogP contribution < -0.4 is 0 Å². The summed E-state index contributed by atoms with van der Waals surface area (Å²) in [5, 5.41) is 0. The van der Waals surface area contributed by atoms with Crippen molar-refractivity contribution in [2.45, 2.75) is 0 Å². The van der Waals surface area contributed by atoms with Gasteiger partial charge in [-0.05, 0) is 42.2 Å². The first kappa shape index (κ1) is 11.3. The van der Waals surface area contributed by atoms with Gasteiger partial charge in [-0.1, -0.05) is 0 Å². The van der Waals surface area contributed by atoms with Gasteiger partial charge in [0.25, 0.3) is 0 Å². The molecule has 0 saturated heterocycles. The van der Waals surface area contributed by atoms with Gasteiger partial charge >= 0.3 is 5.97 Å². The maximum Gasteiger partial charge on any atom is 0.374 e. The van der Waals surface area contributed by atoms with Gasteiger partial charge in [-0.3, -0.25) is 0 Å². The highest BCUT2D eigenvalue weighted by atomic mass is 79.9. The molecule has 0 atom stereocenters. The van der Waals surface area contributed by atoms with Crippen LogP contribution in [0.3, 0.4) is 0 Å². The van der Waals surface area contributed by atoms with Crippen molar-refractivity contribution in [2.24, 2.45) is 0 Å². The van der Waals surface area contributed by atoms with Crippen LogP contribution in [-0.2, 0) is 4.74 Å². The van der Waals surface area contributed by atoms with Crippen LogP contribution in [0.25, 0.3) is 0 Å². The zero-order valence-electron chi connectivity index (χ0n) is 8.12. The third-order valence-corrected chi connectivity index (χ3v) is 1.97. The first-order chi connectivity index (χ1) is 6.59. The third kappa shape index (κ3) is 3.51. The Morgan fingerprint density at radius 3 is 2.79 bits per heavy atom. The highest BCUT2D eigenvalue weighted by molar-refractivity contribution is 9.10. The molecule has 5 heteroatoms. The fraction of sp³-hybridized carbons (Fsp3) is 0.444. The normalized spacial score (nSPS) is 10.6. The van der Waals surface area contributed by atoms with Gasteiger partial charge in [0, 0.05) is 6.54 Å². The monoisotopic (exact) mass is 261 g/mol. The second kappa shape index (κ2) is 5.17. The first-order valence-electron chi connectivity index (χ1n) is 4.17. The number of carbonyl (C=O) groups is 1. The summed E-state index contributed by atoms with van der Waals surface area (Å²) < 4.78 is 10.5. The van der Waals surface area contributed by atoms with Gasteiger partial charge in [0.05, 0.1) is 0 Å². The molecular formula is C9H12BrNO3. The summed E-state index contributed by atoms with van der Waals surface area (Å²) in [4.78, 5) is 13.2. The van der Waals surface area contributed by atoms with E-state index in [0.717, 1.165) is 0 Å². The summed E-state index contributed by atoms with van der Waals surface area (Å²) in [5.41, 5.74) is 0. The van der Waals surface area contributed by atoms with E-state index in [1.807, 2.05) is 19.0 Å². The number of ether oxygens (including phenoxy) is 1. The van der Waals surface area contributed by atoms with Crippen LogP contribution in [0, 0.1) is 0 Å². The average Bonchev–Trinajstić information content (AvgIpc) is 2.51. The second-order valence-corrected chi connectivity index (χ2v) is 3.82. The summed E-state index contributed by atoms with van der Waals surface area (Å²) >= 11 is 3.11. The molecule has 0 aliphatic rings. The van der Waals surface area contributed by atoms with Crippen LogP contribution in [0.15, 0.2) is 21.2 Å². The number of esters is 1. The number of halogens is 1. The average molecular weight is 262 g/mol. The van der Waals surface area contributed by atoms with E-state index in [4.69, 9.17) is 9.15 Å². The SMILES string of the molecule is CN(C)CCOC(=O)c1ccc(Br)o1. The molecular weight excluding hydrogens is 250 g/mol. The Labute approximate surface area is 91.0 Å². The van der Waals surface area contributed by atoms with Gasteiger partial charge in [0.1, 0.15) is 6.61 Å². The smallest absolute Gasteiger partial charge is 0.374 e. The van der Waals surface area contributed by atoms with Crippen LogP contribution in [0.1, 0.15) is 10.6 Å². The number of likely N-dealkylation sites (N-methyl/N-ethyl adjacent to an activating group) is 1. The van der Waals surface area contributed by atoms with Crippen molar-refractivity contribution >= 4 is 21.9 Å². The fourth-order valence-electron chi connectivity index (χ4n) is 0.816. The van der Waals surface area contributed by atoms with Crippen molar-refractivity contribution in [1.82, 2.24) is 4.90 Å². The molecule has 0 fully saturated rings. The molecule has 4 nitrogen and oxygen atoms in total. The predicted octanol–water partition coefficient (Wildman–Crippen LogP) is 1.76. The van der Waals surface area contributed by atoms with Crippen molar-refractivity contribution in [2.75, 3.05) is 27.2 Å². The van der Waals surface area contributed by atoms with Gasteiger partial charge in [-0.25, -0.2) is 4.79 Å². The van der Waals surface area contributed by atoms with Gasteiger partial charge in [0.2, 0.25) is 5.76 Å². The molecule has 1 aromatic rings. The Morgan fingerprint density at radius 2 is 2.29 bits per heavy atom. The summed E-state index contributed by atoms with van der Waals surface area (Å²) in [6.45, 7) is 1.07. The lowest BCUT2D eigenvalue weighted by molar-refractivity contribution is 0.0444. The number of rotatable bonds is 4. The number of hydrogen-bond acceptors (Lipinski definition) is 4. The van der Waals surface area contributed by atoms with Crippen molar-refractivity contribution in [3.8, 4) is 0 Å². The van der Waals surface area contributed by atoms with Crippen LogP contribution in [-0.4, -0.2) is 38.1 Å². The molecule has 0 radical (unpaired) electrons. The molecule has 0 saturated carbocycles. The maximum atomic E-state index is 11.3. The molecule has 0 amide bonds. The van der Waals surface area contributed by atoms with Crippen LogP contribution >= 0.6 is 15.9 Å². The molecule has 14 heavy (non-hydrogen) atoms. The van der Waals surface area contributed by atoms with E-state index in [-0.39, 0.29) is 5.76 Å². The summed E-state index contributed by atoms with van der Waals surface area (Å²) in [6, 6.07) is 3.23. The first-order valence-corrected chi connectivity index (χ1v) is 4.96. The Morgan fingerprint density at radius 1 is 1.57 bits per heavy atom. The molecule has 0 aliphatic carbocycles. The zero-order valence-corrected chi connectivity index (χ0v) is 9.70.